The summed E-state index contributed by atoms with van der Waals surface area (Å²) in [6.07, 6.45) is 1.44. The molecule has 1 heterocycles. The molecule has 0 atom stereocenters. The van der Waals surface area contributed by atoms with Crippen LogP contribution in [0, 0.1) is 19.8 Å². The third-order valence-corrected chi connectivity index (χ3v) is 5.40. The Kier molecular flexibility index (Phi) is 5.94. The van der Waals surface area contributed by atoms with Crippen molar-refractivity contribution in [2.24, 2.45) is 5.92 Å². The molecule has 2 amide bonds. The van der Waals surface area contributed by atoms with Gasteiger partial charge < -0.3 is 9.80 Å². The van der Waals surface area contributed by atoms with Gasteiger partial charge in [0.1, 0.15) is 0 Å². The number of nitrogens with zero attached hydrogens (tertiary/aromatic N) is 2. The smallest absolute Gasteiger partial charge is 0.254 e. The highest BCUT2D eigenvalue weighted by atomic mass is 16.2. The number of benzene rings is 2. The van der Waals surface area contributed by atoms with Gasteiger partial charge in [-0.3, -0.25) is 9.59 Å². The van der Waals surface area contributed by atoms with Gasteiger partial charge in [-0.05, 0) is 62.9 Å². The Labute approximate surface area is 161 Å². The molecule has 3 rings (SSSR count). The second-order valence-corrected chi connectivity index (χ2v) is 7.30. The molecular formula is C23H28N2O2. The summed E-state index contributed by atoms with van der Waals surface area (Å²) in [5.74, 6) is 0.225. The van der Waals surface area contributed by atoms with Crippen LogP contribution in [0.5, 0.6) is 0 Å². The Morgan fingerprint density at radius 3 is 2.37 bits per heavy atom. The molecule has 0 spiro atoms. The first-order valence-corrected chi connectivity index (χ1v) is 9.74. The summed E-state index contributed by atoms with van der Waals surface area (Å²) in [7, 11) is 0. The number of hydrogen-bond acceptors (Lipinski definition) is 2. The van der Waals surface area contributed by atoms with Crippen molar-refractivity contribution in [2.75, 3.05) is 24.5 Å². The molecule has 1 fully saturated rings. The standard InChI is InChI=1S/C23H28N2O2/c1-4-25(20-10-7-8-17(2)16-20)22(26)19-12-14-24(15-13-19)23(27)21-11-6-5-9-18(21)3/h5-11,16,19H,4,12-15H2,1-3H3. The van der Waals surface area contributed by atoms with E-state index in [1.807, 2.05) is 73.0 Å². The van der Waals surface area contributed by atoms with E-state index in [0.29, 0.717) is 19.6 Å². The molecule has 1 aliphatic rings. The van der Waals surface area contributed by atoms with E-state index in [4.69, 9.17) is 0 Å². The highest BCUT2D eigenvalue weighted by Crippen LogP contribution is 2.25. The first kappa shape index (κ1) is 19.2. The molecule has 0 bridgehead atoms. The van der Waals surface area contributed by atoms with Crippen LogP contribution in [0.15, 0.2) is 48.5 Å². The molecule has 0 aromatic heterocycles. The third-order valence-electron chi connectivity index (χ3n) is 5.40. The van der Waals surface area contributed by atoms with Gasteiger partial charge in [-0.25, -0.2) is 0 Å². The Balaban J connectivity index is 1.65. The van der Waals surface area contributed by atoms with Gasteiger partial charge in [-0.2, -0.15) is 0 Å². The number of carbonyl (C=O) groups excluding carboxylic acids is 2. The average Bonchev–Trinajstić information content (AvgIpc) is 2.68. The van der Waals surface area contributed by atoms with E-state index in [1.165, 1.54) is 0 Å². The molecule has 4 heteroatoms. The number of carbonyl (C=O) groups is 2. The van der Waals surface area contributed by atoms with Crippen LogP contribution < -0.4 is 4.90 Å². The van der Waals surface area contributed by atoms with Crippen LogP contribution in [0.25, 0.3) is 0 Å². The molecule has 1 aliphatic heterocycles. The van der Waals surface area contributed by atoms with Crippen LogP contribution in [-0.2, 0) is 4.79 Å². The average molecular weight is 364 g/mol. The summed E-state index contributed by atoms with van der Waals surface area (Å²) in [5, 5.41) is 0. The number of rotatable bonds is 4. The minimum absolute atomic E-state index is 0.0219. The lowest BCUT2D eigenvalue weighted by Gasteiger charge is -2.34. The number of likely N-dealkylation sites (tertiary alicyclic amines) is 1. The normalized spacial score (nSPS) is 14.9. The van der Waals surface area contributed by atoms with E-state index < -0.39 is 0 Å². The number of hydrogen-bond donors (Lipinski definition) is 0. The maximum Gasteiger partial charge on any atom is 0.254 e. The van der Waals surface area contributed by atoms with Gasteiger partial charge >= 0.3 is 0 Å². The van der Waals surface area contributed by atoms with Gasteiger partial charge in [0.25, 0.3) is 5.91 Å². The zero-order valence-electron chi connectivity index (χ0n) is 16.4. The van der Waals surface area contributed by atoms with E-state index in [0.717, 1.165) is 35.2 Å². The second kappa shape index (κ2) is 8.38. The lowest BCUT2D eigenvalue weighted by atomic mass is 9.94. The maximum atomic E-state index is 13.1. The van der Waals surface area contributed by atoms with Gasteiger partial charge in [0.2, 0.25) is 5.91 Å². The largest absolute Gasteiger partial charge is 0.339 e. The molecule has 1 saturated heterocycles. The molecule has 0 N–H and O–H groups in total. The van der Waals surface area contributed by atoms with Crippen molar-refractivity contribution in [3.05, 3.63) is 65.2 Å². The summed E-state index contributed by atoms with van der Waals surface area (Å²) >= 11 is 0. The Morgan fingerprint density at radius 2 is 1.74 bits per heavy atom. The van der Waals surface area contributed by atoms with E-state index in [9.17, 15) is 9.59 Å². The summed E-state index contributed by atoms with van der Waals surface area (Å²) in [4.78, 5) is 29.6. The van der Waals surface area contributed by atoms with Crippen molar-refractivity contribution in [1.82, 2.24) is 4.90 Å². The number of aryl methyl sites for hydroxylation is 2. The number of anilines is 1. The molecule has 0 radical (unpaired) electrons. The second-order valence-electron chi connectivity index (χ2n) is 7.30. The van der Waals surface area contributed by atoms with Gasteiger partial charge in [-0.15, -0.1) is 0 Å². The van der Waals surface area contributed by atoms with Crippen molar-refractivity contribution < 1.29 is 9.59 Å². The lowest BCUT2D eigenvalue weighted by Crippen LogP contribution is -2.44. The summed E-state index contributed by atoms with van der Waals surface area (Å²) in [6.45, 7) is 7.94. The topological polar surface area (TPSA) is 40.6 Å². The fraction of sp³-hybridized carbons (Fsp3) is 0.391. The zero-order chi connectivity index (χ0) is 19.4. The molecule has 0 unspecified atom stereocenters. The maximum absolute atomic E-state index is 13.1. The first-order chi connectivity index (χ1) is 13.0. The van der Waals surface area contributed by atoms with Crippen LogP contribution in [0.1, 0.15) is 41.3 Å². The van der Waals surface area contributed by atoms with E-state index >= 15 is 0 Å². The quantitative estimate of drug-likeness (QED) is 0.815. The summed E-state index contributed by atoms with van der Waals surface area (Å²) in [5.41, 5.74) is 3.87. The zero-order valence-corrected chi connectivity index (χ0v) is 16.4. The molecule has 0 aliphatic carbocycles. The molecule has 4 nitrogen and oxygen atoms in total. The van der Waals surface area contributed by atoms with E-state index in [2.05, 4.69) is 6.07 Å². The highest BCUT2D eigenvalue weighted by Gasteiger charge is 2.31. The van der Waals surface area contributed by atoms with Crippen molar-refractivity contribution in [3.63, 3.8) is 0 Å². The van der Waals surface area contributed by atoms with Crippen LogP contribution in [-0.4, -0.2) is 36.3 Å². The number of amides is 2. The van der Waals surface area contributed by atoms with Crippen LogP contribution in [0.2, 0.25) is 0 Å². The summed E-state index contributed by atoms with van der Waals surface area (Å²) in [6, 6.07) is 15.8. The van der Waals surface area contributed by atoms with Crippen LogP contribution in [0.4, 0.5) is 5.69 Å². The van der Waals surface area contributed by atoms with Gasteiger partial charge in [0.05, 0.1) is 0 Å². The predicted octanol–water partition coefficient (Wildman–Crippen LogP) is 4.21. The van der Waals surface area contributed by atoms with Gasteiger partial charge in [0, 0.05) is 36.8 Å². The minimum Gasteiger partial charge on any atom is -0.339 e. The fourth-order valence-corrected chi connectivity index (χ4v) is 3.79. The molecule has 142 valence electrons. The fourth-order valence-electron chi connectivity index (χ4n) is 3.79. The number of piperidine rings is 1. The molecule has 2 aromatic rings. The molecule has 27 heavy (non-hydrogen) atoms. The lowest BCUT2D eigenvalue weighted by molar-refractivity contribution is -0.123. The van der Waals surface area contributed by atoms with Gasteiger partial charge in [-0.1, -0.05) is 30.3 Å². The van der Waals surface area contributed by atoms with Crippen molar-refractivity contribution in [3.8, 4) is 0 Å². The molecule has 2 aromatic carbocycles. The van der Waals surface area contributed by atoms with Crippen molar-refractivity contribution in [1.29, 1.82) is 0 Å². The molecular weight excluding hydrogens is 336 g/mol. The predicted molar refractivity (Wildman–Crippen MR) is 109 cm³/mol. The molecule has 0 saturated carbocycles. The van der Waals surface area contributed by atoms with Crippen molar-refractivity contribution in [2.45, 2.75) is 33.6 Å². The third kappa shape index (κ3) is 4.21. The SMILES string of the molecule is CCN(C(=O)C1CCN(C(=O)c2ccccc2C)CC1)c1cccc(C)c1. The first-order valence-electron chi connectivity index (χ1n) is 9.74. The minimum atomic E-state index is -0.0219. The summed E-state index contributed by atoms with van der Waals surface area (Å²) < 4.78 is 0. The van der Waals surface area contributed by atoms with Gasteiger partial charge in [0.15, 0.2) is 0 Å². The van der Waals surface area contributed by atoms with Crippen LogP contribution in [0.3, 0.4) is 0 Å². The van der Waals surface area contributed by atoms with Crippen LogP contribution >= 0.6 is 0 Å². The van der Waals surface area contributed by atoms with Crippen molar-refractivity contribution >= 4 is 17.5 Å². The Bertz CT molecular complexity index is 823. The van der Waals surface area contributed by atoms with E-state index in [1.54, 1.807) is 0 Å². The monoisotopic (exact) mass is 364 g/mol. The Hall–Kier alpha value is -2.62. The van der Waals surface area contributed by atoms with E-state index in [-0.39, 0.29) is 17.7 Å². The highest BCUT2D eigenvalue weighted by molar-refractivity contribution is 5.97. The Morgan fingerprint density at radius 1 is 1.04 bits per heavy atom.